The van der Waals surface area contributed by atoms with Gasteiger partial charge in [-0.05, 0) is 47.4 Å². The molecule has 154 valence electrons. The lowest BCUT2D eigenvalue weighted by molar-refractivity contribution is 0.0494. The van der Waals surface area contributed by atoms with Gasteiger partial charge in [0.15, 0.2) is 0 Å². The summed E-state index contributed by atoms with van der Waals surface area (Å²) in [7, 11) is 0. The van der Waals surface area contributed by atoms with Crippen LogP contribution in [0.2, 0.25) is 0 Å². The predicted octanol–water partition coefficient (Wildman–Crippen LogP) is 2.69. The van der Waals surface area contributed by atoms with Crippen molar-refractivity contribution in [2.75, 3.05) is 32.8 Å². The van der Waals surface area contributed by atoms with E-state index in [4.69, 9.17) is 9.37 Å². The minimum atomic E-state index is 0.193. The molecule has 1 aromatic heterocycles. The van der Waals surface area contributed by atoms with Crippen molar-refractivity contribution in [2.24, 2.45) is 0 Å². The maximum atomic E-state index is 9.62. The zero-order valence-corrected chi connectivity index (χ0v) is 16.8. The Morgan fingerprint density at radius 3 is 2.83 bits per heavy atom. The van der Waals surface area contributed by atoms with Crippen LogP contribution in [0.25, 0.3) is 11.0 Å². The molecule has 1 atom stereocenters. The minimum Gasteiger partial charge on any atom is -0.494 e. The smallest absolute Gasteiger partial charge is 0.135 e. The van der Waals surface area contributed by atoms with Crippen LogP contribution in [-0.2, 0) is 13.1 Å². The topological polar surface area (TPSA) is 74.9 Å². The number of nitrogens with zero attached hydrogens (tertiary/aromatic N) is 4. The van der Waals surface area contributed by atoms with Crippen LogP contribution in [0.5, 0.6) is 5.75 Å². The molecule has 3 aromatic rings. The van der Waals surface area contributed by atoms with Crippen molar-refractivity contribution in [1.29, 1.82) is 0 Å². The maximum Gasteiger partial charge on any atom is 0.135 e. The highest BCUT2D eigenvalue weighted by atomic mass is 16.6. The fourth-order valence-corrected chi connectivity index (χ4v) is 4.07. The van der Waals surface area contributed by atoms with Crippen molar-refractivity contribution in [3.8, 4) is 5.75 Å². The van der Waals surface area contributed by atoms with E-state index in [-0.39, 0.29) is 6.61 Å². The molecule has 7 nitrogen and oxygen atoms in total. The summed E-state index contributed by atoms with van der Waals surface area (Å²) in [4.78, 5) is 4.91. The maximum absolute atomic E-state index is 9.62. The minimum absolute atomic E-state index is 0.193. The third kappa shape index (κ3) is 4.75. The van der Waals surface area contributed by atoms with Gasteiger partial charge in [0.25, 0.3) is 0 Å². The summed E-state index contributed by atoms with van der Waals surface area (Å²) in [6.45, 7) is 7.42. The molecule has 1 fully saturated rings. The Labute approximate surface area is 170 Å². The Hall–Kier alpha value is -2.48. The van der Waals surface area contributed by atoms with Gasteiger partial charge in [-0.1, -0.05) is 24.3 Å². The Bertz CT molecular complexity index is 929. The first-order chi connectivity index (χ1) is 14.3. The number of rotatable bonds is 8. The molecule has 1 aliphatic heterocycles. The molecule has 29 heavy (non-hydrogen) atoms. The van der Waals surface area contributed by atoms with Crippen LogP contribution >= 0.6 is 0 Å². The average Bonchev–Trinajstić information content (AvgIpc) is 3.19. The number of aliphatic hydroxyl groups excluding tert-OH is 1. The van der Waals surface area contributed by atoms with E-state index >= 15 is 0 Å². The third-order valence-electron chi connectivity index (χ3n) is 5.52. The summed E-state index contributed by atoms with van der Waals surface area (Å²) in [6, 6.07) is 14.6. The highest BCUT2D eigenvalue weighted by Gasteiger charge is 2.27. The molecule has 1 aliphatic rings. The van der Waals surface area contributed by atoms with Crippen molar-refractivity contribution in [2.45, 2.75) is 32.5 Å². The second-order valence-electron chi connectivity index (χ2n) is 7.50. The number of piperazine rings is 1. The quantitative estimate of drug-likeness (QED) is 0.627. The normalized spacial score (nSPS) is 18.3. The number of benzene rings is 2. The van der Waals surface area contributed by atoms with Crippen molar-refractivity contribution < 1.29 is 14.5 Å². The predicted molar refractivity (Wildman–Crippen MR) is 111 cm³/mol. The van der Waals surface area contributed by atoms with E-state index in [2.05, 4.69) is 38.3 Å². The first-order valence-corrected chi connectivity index (χ1v) is 10.3. The van der Waals surface area contributed by atoms with Gasteiger partial charge >= 0.3 is 0 Å². The highest BCUT2D eigenvalue weighted by molar-refractivity contribution is 5.73. The number of hydrogen-bond donors (Lipinski definition) is 1. The SMILES string of the molecule is CCOc1ccccc1CN1CCN(Cc2ccc3nonc3c2)CC1CCO. The van der Waals surface area contributed by atoms with Gasteiger partial charge < -0.3 is 9.84 Å². The zero-order chi connectivity index (χ0) is 20.1. The molecule has 2 aromatic carbocycles. The van der Waals surface area contributed by atoms with Crippen LogP contribution in [0.15, 0.2) is 47.1 Å². The van der Waals surface area contributed by atoms with Crippen molar-refractivity contribution in [1.82, 2.24) is 20.1 Å². The van der Waals surface area contributed by atoms with Crippen LogP contribution in [-0.4, -0.2) is 64.1 Å². The van der Waals surface area contributed by atoms with E-state index in [0.29, 0.717) is 12.6 Å². The fraction of sp³-hybridized carbons (Fsp3) is 0.455. The van der Waals surface area contributed by atoms with E-state index in [1.54, 1.807) is 0 Å². The number of para-hydroxylation sites is 1. The van der Waals surface area contributed by atoms with E-state index in [9.17, 15) is 5.11 Å². The second-order valence-corrected chi connectivity index (χ2v) is 7.50. The highest BCUT2D eigenvalue weighted by Crippen LogP contribution is 2.24. The van der Waals surface area contributed by atoms with Crippen LogP contribution in [0.1, 0.15) is 24.5 Å². The molecule has 4 rings (SSSR count). The zero-order valence-electron chi connectivity index (χ0n) is 16.8. The molecule has 7 heteroatoms. The third-order valence-corrected chi connectivity index (χ3v) is 5.52. The van der Waals surface area contributed by atoms with Gasteiger partial charge in [0.05, 0.1) is 6.61 Å². The number of fused-ring (bicyclic) bond motifs is 1. The van der Waals surface area contributed by atoms with Crippen LogP contribution < -0.4 is 4.74 Å². The van der Waals surface area contributed by atoms with Crippen molar-refractivity contribution >= 4 is 11.0 Å². The lowest BCUT2D eigenvalue weighted by Crippen LogP contribution is -2.52. The van der Waals surface area contributed by atoms with Crippen molar-refractivity contribution in [3.63, 3.8) is 0 Å². The average molecular weight is 396 g/mol. The molecule has 1 N–H and O–H groups in total. The molecule has 0 aliphatic carbocycles. The lowest BCUT2D eigenvalue weighted by atomic mass is 10.1. The Morgan fingerprint density at radius 2 is 1.97 bits per heavy atom. The fourth-order valence-electron chi connectivity index (χ4n) is 4.07. The van der Waals surface area contributed by atoms with Gasteiger partial charge in [0.2, 0.25) is 0 Å². The molecule has 0 spiro atoms. The molecule has 0 amide bonds. The van der Waals surface area contributed by atoms with Gasteiger partial charge in [0.1, 0.15) is 16.8 Å². The Balaban J connectivity index is 1.43. The van der Waals surface area contributed by atoms with E-state index in [1.165, 1.54) is 11.1 Å². The van der Waals surface area contributed by atoms with Crippen LogP contribution in [0, 0.1) is 0 Å². The molecular weight excluding hydrogens is 368 g/mol. The Kier molecular flexibility index (Phi) is 6.39. The first-order valence-electron chi connectivity index (χ1n) is 10.3. The summed E-state index contributed by atoms with van der Waals surface area (Å²) in [5.74, 6) is 0.953. The van der Waals surface area contributed by atoms with Gasteiger partial charge in [-0.15, -0.1) is 0 Å². The van der Waals surface area contributed by atoms with E-state index < -0.39 is 0 Å². The number of hydrogen-bond acceptors (Lipinski definition) is 7. The standard InChI is InChI=1S/C22H28N4O3/c1-2-28-22-6-4-3-5-18(22)15-26-11-10-25(16-19(26)9-12-27)14-17-7-8-20-21(13-17)24-29-23-20/h3-8,13,19,27H,2,9-12,14-16H2,1H3. The second kappa shape index (κ2) is 9.35. The van der Waals surface area contributed by atoms with Gasteiger partial charge in [-0.3, -0.25) is 9.80 Å². The summed E-state index contributed by atoms with van der Waals surface area (Å²) in [5, 5.41) is 17.4. The molecular formula is C22H28N4O3. The van der Waals surface area contributed by atoms with Gasteiger partial charge in [-0.25, -0.2) is 4.63 Å². The summed E-state index contributed by atoms with van der Waals surface area (Å²) in [6.07, 6.45) is 0.763. The number of ether oxygens (including phenoxy) is 1. The molecule has 0 bridgehead atoms. The Morgan fingerprint density at radius 1 is 1.10 bits per heavy atom. The van der Waals surface area contributed by atoms with Crippen molar-refractivity contribution in [3.05, 3.63) is 53.6 Å². The number of aromatic nitrogens is 2. The largest absolute Gasteiger partial charge is 0.494 e. The molecule has 1 unspecified atom stereocenters. The summed E-state index contributed by atoms with van der Waals surface area (Å²) in [5.41, 5.74) is 3.98. The monoisotopic (exact) mass is 396 g/mol. The molecule has 0 saturated carbocycles. The first kappa shape index (κ1) is 19.8. The van der Waals surface area contributed by atoms with E-state index in [0.717, 1.165) is 55.9 Å². The van der Waals surface area contributed by atoms with Crippen LogP contribution in [0.3, 0.4) is 0 Å². The molecule has 1 saturated heterocycles. The lowest BCUT2D eigenvalue weighted by Gasteiger charge is -2.41. The van der Waals surface area contributed by atoms with Gasteiger partial charge in [0, 0.05) is 50.9 Å². The van der Waals surface area contributed by atoms with Gasteiger partial charge in [-0.2, -0.15) is 0 Å². The molecule has 2 heterocycles. The summed E-state index contributed by atoms with van der Waals surface area (Å²) < 4.78 is 10.6. The molecule has 0 radical (unpaired) electrons. The number of aliphatic hydroxyl groups is 1. The summed E-state index contributed by atoms with van der Waals surface area (Å²) >= 11 is 0. The van der Waals surface area contributed by atoms with E-state index in [1.807, 2.05) is 31.2 Å². The van der Waals surface area contributed by atoms with Crippen LogP contribution in [0.4, 0.5) is 0 Å².